The average Bonchev–Trinajstić information content (AvgIpc) is 3.21. The van der Waals surface area contributed by atoms with Crippen molar-refractivity contribution < 1.29 is 18.7 Å². The van der Waals surface area contributed by atoms with Gasteiger partial charge >= 0.3 is 0 Å². The molecule has 5 nitrogen and oxygen atoms in total. The van der Waals surface area contributed by atoms with Gasteiger partial charge in [0.05, 0.1) is 12.8 Å². The van der Waals surface area contributed by atoms with Crippen LogP contribution in [0.3, 0.4) is 0 Å². The number of methoxy groups -OCH3 is 1. The SMILES string of the molecule is COc1ccc(C(=O)N(C)C)cc1NC(=O)/C=C/c1ccc(-c2ccc(F)cc2)s1. The fraction of sp³-hybridized carbons (Fsp3) is 0.130. The zero-order valence-corrected chi connectivity index (χ0v) is 17.6. The molecule has 2 amide bonds. The fourth-order valence-corrected chi connectivity index (χ4v) is 3.66. The number of benzene rings is 2. The lowest BCUT2D eigenvalue weighted by atomic mass is 10.1. The Morgan fingerprint density at radius 2 is 1.80 bits per heavy atom. The minimum absolute atomic E-state index is 0.171. The molecule has 0 spiro atoms. The van der Waals surface area contributed by atoms with Crippen LogP contribution in [0.4, 0.5) is 10.1 Å². The summed E-state index contributed by atoms with van der Waals surface area (Å²) in [4.78, 5) is 27.9. The molecule has 0 saturated carbocycles. The smallest absolute Gasteiger partial charge is 0.253 e. The van der Waals surface area contributed by atoms with Crippen LogP contribution in [0.1, 0.15) is 15.2 Å². The highest BCUT2D eigenvalue weighted by atomic mass is 32.1. The van der Waals surface area contributed by atoms with Crippen molar-refractivity contribution in [2.45, 2.75) is 0 Å². The summed E-state index contributed by atoms with van der Waals surface area (Å²) < 4.78 is 18.4. The number of thiophene rings is 1. The van der Waals surface area contributed by atoms with E-state index in [1.54, 1.807) is 50.5 Å². The van der Waals surface area contributed by atoms with Gasteiger partial charge in [-0.25, -0.2) is 4.39 Å². The van der Waals surface area contributed by atoms with Crippen molar-refractivity contribution in [2.24, 2.45) is 0 Å². The number of anilines is 1. The lowest BCUT2D eigenvalue weighted by Crippen LogP contribution is -2.22. The van der Waals surface area contributed by atoms with Crippen molar-refractivity contribution in [3.05, 3.63) is 76.9 Å². The topological polar surface area (TPSA) is 58.6 Å². The van der Waals surface area contributed by atoms with Gasteiger partial charge in [0.2, 0.25) is 5.91 Å². The molecule has 1 N–H and O–H groups in total. The molecule has 0 aliphatic heterocycles. The van der Waals surface area contributed by atoms with Gasteiger partial charge in [0.1, 0.15) is 11.6 Å². The third kappa shape index (κ3) is 5.12. The number of carbonyl (C=O) groups excluding carboxylic acids is 2. The molecule has 2 aromatic carbocycles. The Morgan fingerprint density at radius 1 is 1.07 bits per heavy atom. The molecule has 3 rings (SSSR count). The molecule has 1 aromatic heterocycles. The van der Waals surface area contributed by atoms with Crippen LogP contribution in [0, 0.1) is 5.82 Å². The molecule has 0 aliphatic rings. The predicted molar refractivity (Wildman–Crippen MR) is 118 cm³/mol. The maximum absolute atomic E-state index is 13.1. The molecule has 0 radical (unpaired) electrons. The van der Waals surface area contributed by atoms with Crippen LogP contribution in [0.5, 0.6) is 5.75 Å². The van der Waals surface area contributed by atoms with Crippen LogP contribution in [0.15, 0.2) is 60.7 Å². The first kappa shape index (κ1) is 21.3. The number of amides is 2. The van der Waals surface area contributed by atoms with Gasteiger partial charge in [-0.3, -0.25) is 9.59 Å². The van der Waals surface area contributed by atoms with Gasteiger partial charge in [-0.2, -0.15) is 0 Å². The molecule has 0 bridgehead atoms. The second-order valence-corrected chi connectivity index (χ2v) is 7.76. The molecule has 0 aliphatic carbocycles. The van der Waals surface area contributed by atoms with Crippen LogP contribution >= 0.6 is 11.3 Å². The van der Waals surface area contributed by atoms with Crippen LogP contribution in [0.2, 0.25) is 0 Å². The van der Waals surface area contributed by atoms with E-state index in [1.807, 2.05) is 12.1 Å². The number of nitrogens with zero attached hydrogens (tertiary/aromatic N) is 1. The van der Waals surface area contributed by atoms with E-state index in [1.165, 1.54) is 41.6 Å². The predicted octanol–water partition coefficient (Wildman–Crippen LogP) is 4.92. The van der Waals surface area contributed by atoms with E-state index in [0.717, 1.165) is 15.3 Å². The first-order chi connectivity index (χ1) is 14.4. The fourth-order valence-electron chi connectivity index (χ4n) is 2.74. The first-order valence-corrected chi connectivity index (χ1v) is 9.93. The summed E-state index contributed by atoms with van der Waals surface area (Å²) in [6.45, 7) is 0. The molecule has 7 heteroatoms. The Bertz CT molecular complexity index is 1090. The third-order valence-corrected chi connectivity index (χ3v) is 5.36. The van der Waals surface area contributed by atoms with Gasteiger partial charge < -0.3 is 15.0 Å². The van der Waals surface area contributed by atoms with Crippen molar-refractivity contribution in [1.82, 2.24) is 4.90 Å². The zero-order chi connectivity index (χ0) is 21.7. The molecular weight excluding hydrogens is 403 g/mol. The van der Waals surface area contributed by atoms with Crippen molar-refractivity contribution in [3.63, 3.8) is 0 Å². The van der Waals surface area contributed by atoms with Gasteiger partial charge in [-0.05, 0) is 54.1 Å². The van der Waals surface area contributed by atoms with E-state index >= 15 is 0 Å². The van der Waals surface area contributed by atoms with E-state index in [2.05, 4.69) is 5.32 Å². The highest BCUT2D eigenvalue weighted by molar-refractivity contribution is 7.16. The Hall–Kier alpha value is -3.45. The van der Waals surface area contributed by atoms with E-state index in [9.17, 15) is 14.0 Å². The van der Waals surface area contributed by atoms with Crippen LogP contribution in [-0.2, 0) is 4.79 Å². The number of rotatable bonds is 6. The summed E-state index contributed by atoms with van der Waals surface area (Å²) in [6.07, 6.45) is 3.12. The Kier molecular flexibility index (Phi) is 6.64. The van der Waals surface area contributed by atoms with Crippen molar-refractivity contribution >= 4 is 34.9 Å². The maximum atomic E-state index is 13.1. The number of hydrogen-bond acceptors (Lipinski definition) is 4. The number of carbonyl (C=O) groups is 2. The van der Waals surface area contributed by atoms with Crippen molar-refractivity contribution in [1.29, 1.82) is 0 Å². The number of halogens is 1. The molecular formula is C23H21FN2O3S. The highest BCUT2D eigenvalue weighted by Gasteiger charge is 2.13. The van der Waals surface area contributed by atoms with Crippen LogP contribution in [-0.4, -0.2) is 37.9 Å². The Labute approximate surface area is 178 Å². The summed E-state index contributed by atoms with van der Waals surface area (Å²) in [7, 11) is 4.82. The van der Waals surface area contributed by atoms with Gasteiger partial charge in [0.15, 0.2) is 0 Å². The largest absolute Gasteiger partial charge is 0.495 e. The molecule has 0 fully saturated rings. The maximum Gasteiger partial charge on any atom is 0.253 e. The van der Waals surface area contributed by atoms with E-state index in [4.69, 9.17) is 4.74 Å². The standard InChI is InChI=1S/C23H21FN2O3S/c1-26(2)23(28)16-6-11-20(29-3)19(14-16)25-22(27)13-10-18-9-12-21(30-18)15-4-7-17(24)8-5-15/h4-14H,1-3H3,(H,25,27)/b13-10+. The second kappa shape index (κ2) is 9.37. The van der Waals surface area contributed by atoms with Gasteiger partial charge in [-0.15, -0.1) is 11.3 Å². The van der Waals surface area contributed by atoms with Crippen LogP contribution in [0.25, 0.3) is 16.5 Å². The van der Waals surface area contributed by atoms with E-state index < -0.39 is 0 Å². The summed E-state index contributed by atoms with van der Waals surface area (Å²) in [6, 6.07) is 15.0. The van der Waals surface area contributed by atoms with Crippen molar-refractivity contribution in [2.75, 3.05) is 26.5 Å². The van der Waals surface area contributed by atoms with Gasteiger partial charge in [-0.1, -0.05) is 12.1 Å². The molecule has 30 heavy (non-hydrogen) atoms. The minimum atomic E-state index is -0.348. The van der Waals surface area contributed by atoms with Crippen LogP contribution < -0.4 is 10.1 Å². The summed E-state index contributed by atoms with van der Waals surface area (Å²) in [5, 5.41) is 2.75. The lowest BCUT2D eigenvalue weighted by Gasteiger charge is -2.13. The summed E-state index contributed by atoms with van der Waals surface area (Å²) >= 11 is 1.49. The molecule has 0 saturated heterocycles. The Balaban J connectivity index is 1.72. The Morgan fingerprint density at radius 3 is 2.47 bits per heavy atom. The average molecular weight is 424 g/mol. The van der Waals surface area contributed by atoms with Gasteiger partial charge in [0.25, 0.3) is 5.91 Å². The second-order valence-electron chi connectivity index (χ2n) is 6.65. The quantitative estimate of drug-likeness (QED) is 0.572. The summed E-state index contributed by atoms with van der Waals surface area (Å²) in [5.41, 5.74) is 1.78. The molecule has 0 unspecified atom stereocenters. The lowest BCUT2D eigenvalue weighted by molar-refractivity contribution is -0.111. The molecule has 0 atom stereocenters. The minimum Gasteiger partial charge on any atom is -0.495 e. The van der Waals surface area contributed by atoms with Gasteiger partial charge in [0, 0.05) is 35.5 Å². The first-order valence-electron chi connectivity index (χ1n) is 9.12. The van der Waals surface area contributed by atoms with E-state index in [0.29, 0.717) is 17.0 Å². The third-order valence-electron chi connectivity index (χ3n) is 4.26. The summed E-state index contributed by atoms with van der Waals surface area (Å²) in [5.74, 6) is -0.337. The van der Waals surface area contributed by atoms with E-state index in [-0.39, 0.29) is 17.6 Å². The molecule has 3 aromatic rings. The highest BCUT2D eigenvalue weighted by Crippen LogP contribution is 2.29. The number of hydrogen-bond donors (Lipinski definition) is 1. The molecule has 154 valence electrons. The molecule has 1 heterocycles. The number of nitrogens with one attached hydrogen (secondary N) is 1. The van der Waals surface area contributed by atoms with Crippen molar-refractivity contribution in [3.8, 4) is 16.2 Å². The monoisotopic (exact) mass is 424 g/mol. The zero-order valence-electron chi connectivity index (χ0n) is 16.8. The normalized spacial score (nSPS) is 10.8. The number of ether oxygens (including phenoxy) is 1.